The zero-order valence-electron chi connectivity index (χ0n) is 14.9. The summed E-state index contributed by atoms with van der Waals surface area (Å²) < 4.78 is 38.2. The van der Waals surface area contributed by atoms with Crippen LogP contribution in [0.3, 0.4) is 0 Å². The number of rotatable bonds is 7. The van der Waals surface area contributed by atoms with Crippen molar-refractivity contribution in [3.8, 4) is 11.5 Å². The van der Waals surface area contributed by atoms with Crippen LogP contribution in [0.5, 0.6) is 11.5 Å². The lowest BCUT2D eigenvalue weighted by Crippen LogP contribution is -2.30. The number of benzene rings is 2. The van der Waals surface area contributed by atoms with E-state index in [0.717, 1.165) is 0 Å². The van der Waals surface area contributed by atoms with Crippen molar-refractivity contribution in [2.45, 2.75) is 11.8 Å². The fourth-order valence-corrected chi connectivity index (χ4v) is 3.88. The summed E-state index contributed by atoms with van der Waals surface area (Å²) in [6.45, 7) is 1.58. The minimum atomic E-state index is -3.83. The smallest absolute Gasteiger partial charge is 0.335 e. The van der Waals surface area contributed by atoms with Crippen molar-refractivity contribution in [3.63, 3.8) is 0 Å². The molecule has 3 rings (SSSR count). The van der Waals surface area contributed by atoms with Crippen LogP contribution in [0.25, 0.3) is 0 Å². The van der Waals surface area contributed by atoms with E-state index in [1.54, 1.807) is 13.0 Å². The molecule has 1 heterocycles. The van der Waals surface area contributed by atoms with E-state index < -0.39 is 16.0 Å². The maximum atomic E-state index is 12.6. The Morgan fingerprint density at radius 2 is 2.00 bits per heavy atom. The van der Waals surface area contributed by atoms with Crippen LogP contribution in [0, 0.1) is 6.92 Å². The van der Waals surface area contributed by atoms with Gasteiger partial charge < -0.3 is 19.9 Å². The number of hydrogen-bond donors (Lipinski definition) is 3. The highest BCUT2D eigenvalue weighted by molar-refractivity contribution is 7.89. The normalized spacial score (nSPS) is 13.2. The van der Waals surface area contributed by atoms with Gasteiger partial charge in [-0.05, 0) is 48.9 Å². The Morgan fingerprint density at radius 3 is 2.68 bits per heavy atom. The van der Waals surface area contributed by atoms with Crippen LogP contribution in [0.15, 0.2) is 41.3 Å². The zero-order valence-corrected chi connectivity index (χ0v) is 15.7. The number of aryl methyl sites for hydroxylation is 1. The van der Waals surface area contributed by atoms with Gasteiger partial charge in [-0.15, -0.1) is 0 Å². The third-order valence-corrected chi connectivity index (χ3v) is 5.57. The number of amides is 1. The quantitative estimate of drug-likeness (QED) is 0.592. The van der Waals surface area contributed by atoms with Crippen LogP contribution in [-0.2, 0) is 14.8 Å². The highest BCUT2D eigenvalue weighted by Gasteiger charge is 2.23. The molecule has 10 heteroatoms. The van der Waals surface area contributed by atoms with E-state index in [1.165, 1.54) is 30.3 Å². The first-order chi connectivity index (χ1) is 13.3. The van der Waals surface area contributed by atoms with Gasteiger partial charge in [-0.25, -0.2) is 17.9 Å². The van der Waals surface area contributed by atoms with Crippen LogP contribution in [0.2, 0.25) is 0 Å². The Kier molecular flexibility index (Phi) is 5.52. The molecule has 9 nitrogen and oxygen atoms in total. The van der Waals surface area contributed by atoms with Crippen molar-refractivity contribution < 1.29 is 32.6 Å². The summed E-state index contributed by atoms with van der Waals surface area (Å²) in [5.41, 5.74) is 0.914. The van der Waals surface area contributed by atoms with Crippen molar-refractivity contribution in [2.24, 2.45) is 0 Å². The molecule has 0 radical (unpaired) electrons. The number of anilines is 1. The fourth-order valence-electron chi connectivity index (χ4n) is 2.61. The molecule has 0 saturated carbocycles. The van der Waals surface area contributed by atoms with Crippen molar-refractivity contribution in [1.29, 1.82) is 0 Å². The molecule has 0 fully saturated rings. The molecule has 1 amide bonds. The van der Waals surface area contributed by atoms with Crippen molar-refractivity contribution in [3.05, 3.63) is 47.5 Å². The summed E-state index contributed by atoms with van der Waals surface area (Å²) >= 11 is 0. The summed E-state index contributed by atoms with van der Waals surface area (Å²) in [6.07, 6.45) is 0. The number of nitrogens with one attached hydrogen (secondary N) is 2. The van der Waals surface area contributed by atoms with Crippen LogP contribution in [-0.4, -0.2) is 45.2 Å². The number of sulfonamides is 1. The first-order valence-corrected chi connectivity index (χ1v) is 9.78. The molecular formula is C18H18N2O7S. The second-order valence-electron chi connectivity index (χ2n) is 6.03. The number of carboxylic acids is 1. The first kappa shape index (κ1) is 19.6. The summed E-state index contributed by atoms with van der Waals surface area (Å²) in [5, 5.41) is 11.4. The third-order valence-electron chi connectivity index (χ3n) is 3.96. The van der Waals surface area contributed by atoms with Crippen LogP contribution >= 0.6 is 0 Å². The highest BCUT2D eigenvalue weighted by Crippen LogP contribution is 2.32. The molecule has 0 bridgehead atoms. The Labute approximate surface area is 161 Å². The molecule has 0 atom stereocenters. The standard InChI is InChI=1S/C18H18N2O7S/c1-11-8-15-14(20-17(21)10-27-15)9-16(11)28(24,25)19-6-7-26-13-4-2-12(3-5-13)18(22)23/h2-5,8-9,19H,6-7,10H2,1H3,(H,20,21)(H,22,23). The number of hydrogen-bond acceptors (Lipinski definition) is 6. The molecule has 0 aliphatic carbocycles. The average molecular weight is 406 g/mol. The number of aromatic carboxylic acids is 1. The van der Waals surface area contributed by atoms with Crippen molar-refractivity contribution in [2.75, 3.05) is 25.1 Å². The van der Waals surface area contributed by atoms with Gasteiger partial charge in [0, 0.05) is 6.54 Å². The average Bonchev–Trinajstić information content (AvgIpc) is 2.65. The Balaban J connectivity index is 1.62. The molecule has 1 aliphatic heterocycles. The lowest BCUT2D eigenvalue weighted by Gasteiger charge is -2.20. The molecule has 0 saturated heterocycles. The Hall–Kier alpha value is -3.11. The molecule has 148 valence electrons. The Bertz CT molecular complexity index is 1020. The second-order valence-corrected chi connectivity index (χ2v) is 7.76. The minimum absolute atomic E-state index is 0.00238. The minimum Gasteiger partial charge on any atom is -0.492 e. The molecular weight excluding hydrogens is 388 g/mol. The van der Waals surface area contributed by atoms with Gasteiger partial charge in [0.2, 0.25) is 10.0 Å². The van der Waals surface area contributed by atoms with Gasteiger partial charge in [-0.2, -0.15) is 0 Å². The van der Waals surface area contributed by atoms with Crippen LogP contribution < -0.4 is 19.5 Å². The zero-order chi connectivity index (χ0) is 20.3. The molecule has 28 heavy (non-hydrogen) atoms. The maximum Gasteiger partial charge on any atom is 0.335 e. The van der Waals surface area contributed by atoms with Gasteiger partial charge in [-0.3, -0.25) is 4.79 Å². The highest BCUT2D eigenvalue weighted by atomic mass is 32.2. The van der Waals surface area contributed by atoms with E-state index in [0.29, 0.717) is 22.7 Å². The Morgan fingerprint density at radius 1 is 1.29 bits per heavy atom. The molecule has 2 aromatic carbocycles. The lowest BCUT2D eigenvalue weighted by atomic mass is 10.2. The lowest BCUT2D eigenvalue weighted by molar-refractivity contribution is -0.118. The molecule has 0 aromatic heterocycles. The van der Waals surface area contributed by atoms with Crippen molar-refractivity contribution >= 4 is 27.6 Å². The number of carbonyl (C=O) groups is 2. The van der Waals surface area contributed by atoms with E-state index >= 15 is 0 Å². The van der Waals surface area contributed by atoms with E-state index in [2.05, 4.69) is 10.0 Å². The van der Waals surface area contributed by atoms with Gasteiger partial charge >= 0.3 is 5.97 Å². The summed E-state index contributed by atoms with van der Waals surface area (Å²) in [6, 6.07) is 8.70. The van der Waals surface area contributed by atoms with Crippen LogP contribution in [0.1, 0.15) is 15.9 Å². The van der Waals surface area contributed by atoms with Gasteiger partial charge in [0.1, 0.15) is 18.1 Å². The SMILES string of the molecule is Cc1cc2c(cc1S(=O)(=O)NCCOc1ccc(C(=O)O)cc1)NC(=O)CO2. The number of fused-ring (bicyclic) bond motifs is 1. The molecule has 0 spiro atoms. The number of ether oxygens (including phenoxy) is 2. The summed E-state index contributed by atoms with van der Waals surface area (Å²) in [7, 11) is -3.83. The predicted molar refractivity (Wildman–Crippen MR) is 99.4 cm³/mol. The first-order valence-electron chi connectivity index (χ1n) is 8.29. The van der Waals surface area contributed by atoms with Gasteiger partial charge in [0.25, 0.3) is 5.91 Å². The van der Waals surface area contributed by atoms with Gasteiger partial charge in [-0.1, -0.05) is 0 Å². The van der Waals surface area contributed by atoms with Gasteiger partial charge in [0.05, 0.1) is 16.1 Å². The number of carbonyl (C=O) groups excluding carboxylic acids is 1. The second kappa shape index (κ2) is 7.87. The van der Waals surface area contributed by atoms with Crippen molar-refractivity contribution in [1.82, 2.24) is 4.72 Å². The largest absolute Gasteiger partial charge is 0.492 e. The maximum absolute atomic E-state index is 12.6. The van der Waals surface area contributed by atoms with Crippen LogP contribution in [0.4, 0.5) is 5.69 Å². The van der Waals surface area contributed by atoms with E-state index in [1.807, 2.05) is 0 Å². The fraction of sp³-hybridized carbons (Fsp3) is 0.222. The summed E-state index contributed by atoms with van der Waals surface area (Å²) in [5.74, 6) is -0.547. The predicted octanol–water partition coefficient (Wildman–Crippen LogP) is 1.38. The van der Waals surface area contributed by atoms with E-state index in [4.69, 9.17) is 14.6 Å². The number of carboxylic acid groups (broad SMARTS) is 1. The summed E-state index contributed by atoms with van der Waals surface area (Å²) in [4.78, 5) is 22.3. The molecule has 0 unspecified atom stereocenters. The monoisotopic (exact) mass is 406 g/mol. The van der Waals surface area contributed by atoms with Gasteiger partial charge in [0.15, 0.2) is 6.61 Å². The topological polar surface area (TPSA) is 131 Å². The molecule has 1 aliphatic rings. The van der Waals surface area contributed by atoms with E-state index in [9.17, 15) is 18.0 Å². The molecule has 3 N–H and O–H groups in total. The van der Waals surface area contributed by atoms with E-state index in [-0.39, 0.29) is 36.1 Å². The third kappa shape index (κ3) is 4.41. The molecule has 2 aromatic rings.